The second-order valence-electron chi connectivity index (χ2n) is 5.83. The molecule has 21 heavy (non-hydrogen) atoms. The molecule has 0 aromatic rings. The number of carbonyl (C=O) groups excluding carboxylic acids is 1. The predicted molar refractivity (Wildman–Crippen MR) is 82.7 cm³/mol. The minimum absolute atomic E-state index is 0.261. The molecule has 1 saturated carbocycles. The summed E-state index contributed by atoms with van der Waals surface area (Å²) in [6.07, 6.45) is 4.54. The van der Waals surface area contributed by atoms with Gasteiger partial charge in [0.1, 0.15) is 5.92 Å². The Balaban J connectivity index is 2.47. The van der Waals surface area contributed by atoms with Gasteiger partial charge < -0.3 is 5.32 Å². The summed E-state index contributed by atoms with van der Waals surface area (Å²) in [5, 5.41) is 22.5. The van der Waals surface area contributed by atoms with Crippen LogP contribution in [0.2, 0.25) is 0 Å². The molecule has 1 N–H and O–H groups in total. The van der Waals surface area contributed by atoms with E-state index in [0.29, 0.717) is 16.4 Å². The summed E-state index contributed by atoms with van der Waals surface area (Å²) in [7, 11) is 0. The third-order valence-electron chi connectivity index (χ3n) is 4.23. The van der Waals surface area contributed by atoms with Gasteiger partial charge in [0, 0.05) is 11.2 Å². The molecule has 1 atom stereocenters. The molecule has 4 nitrogen and oxygen atoms in total. The van der Waals surface area contributed by atoms with Crippen molar-refractivity contribution in [3.8, 4) is 12.1 Å². The maximum atomic E-state index is 12.3. The van der Waals surface area contributed by atoms with Crippen molar-refractivity contribution in [3.05, 3.63) is 22.8 Å². The van der Waals surface area contributed by atoms with Crippen molar-refractivity contribution in [3.63, 3.8) is 0 Å². The van der Waals surface area contributed by atoms with E-state index >= 15 is 0 Å². The van der Waals surface area contributed by atoms with Gasteiger partial charge in [0.15, 0.2) is 0 Å². The van der Waals surface area contributed by atoms with E-state index in [2.05, 4.69) is 24.0 Å². The van der Waals surface area contributed by atoms with E-state index < -0.39 is 11.3 Å². The summed E-state index contributed by atoms with van der Waals surface area (Å²) in [6.45, 7) is 5.77. The number of amides is 1. The molecule has 0 aromatic heterocycles. The third-order valence-corrected chi connectivity index (χ3v) is 5.46. The van der Waals surface area contributed by atoms with Crippen LogP contribution < -0.4 is 5.32 Å². The van der Waals surface area contributed by atoms with Gasteiger partial charge >= 0.3 is 0 Å². The first-order valence-corrected chi connectivity index (χ1v) is 8.16. The van der Waals surface area contributed by atoms with Crippen LogP contribution in [0.25, 0.3) is 0 Å². The average Bonchev–Trinajstić information content (AvgIpc) is 2.46. The molecule has 1 aliphatic heterocycles. The zero-order valence-electron chi connectivity index (χ0n) is 12.2. The zero-order chi connectivity index (χ0) is 15.5. The van der Waals surface area contributed by atoms with Crippen molar-refractivity contribution in [1.29, 1.82) is 10.5 Å². The molecule has 0 radical (unpaired) electrons. The highest BCUT2D eigenvalue weighted by Gasteiger charge is 2.51. The number of nitrogens with one attached hydrogen (secondary N) is 1. The van der Waals surface area contributed by atoms with Gasteiger partial charge in [-0.05, 0) is 19.8 Å². The van der Waals surface area contributed by atoms with Crippen LogP contribution in [-0.4, -0.2) is 11.7 Å². The molecule has 1 spiro atoms. The minimum atomic E-state index is -0.748. The Morgan fingerprint density at radius 1 is 1.43 bits per heavy atom. The van der Waals surface area contributed by atoms with E-state index in [1.165, 1.54) is 11.8 Å². The summed E-state index contributed by atoms with van der Waals surface area (Å²) in [5.74, 6) is -0.349. The Kier molecular flexibility index (Phi) is 4.75. The van der Waals surface area contributed by atoms with E-state index in [1.54, 1.807) is 0 Å². The van der Waals surface area contributed by atoms with Crippen LogP contribution in [0.1, 0.15) is 39.0 Å². The van der Waals surface area contributed by atoms with Crippen molar-refractivity contribution in [2.75, 3.05) is 5.75 Å². The fourth-order valence-electron chi connectivity index (χ4n) is 3.24. The Morgan fingerprint density at radius 3 is 2.62 bits per heavy atom. The molecule has 2 aliphatic rings. The zero-order valence-corrected chi connectivity index (χ0v) is 13.1. The molecule has 1 fully saturated rings. The number of nitriles is 2. The second-order valence-corrected chi connectivity index (χ2v) is 6.82. The van der Waals surface area contributed by atoms with Gasteiger partial charge in [-0.15, -0.1) is 11.8 Å². The molecule has 1 heterocycles. The fourth-order valence-corrected chi connectivity index (χ4v) is 4.19. The largest absolute Gasteiger partial charge is 0.319 e. The van der Waals surface area contributed by atoms with E-state index in [0.717, 1.165) is 37.7 Å². The van der Waals surface area contributed by atoms with Crippen LogP contribution in [0.3, 0.4) is 0 Å². The first-order valence-electron chi connectivity index (χ1n) is 7.17. The minimum Gasteiger partial charge on any atom is -0.319 e. The topological polar surface area (TPSA) is 76.7 Å². The van der Waals surface area contributed by atoms with E-state index in [9.17, 15) is 15.3 Å². The molecule has 0 aromatic carbocycles. The summed E-state index contributed by atoms with van der Waals surface area (Å²) in [4.78, 5) is 12.3. The van der Waals surface area contributed by atoms with Gasteiger partial charge in [-0.25, -0.2) is 0 Å². The van der Waals surface area contributed by atoms with Crippen LogP contribution in [0, 0.1) is 34.0 Å². The van der Waals surface area contributed by atoms with Crippen molar-refractivity contribution in [1.82, 2.24) is 5.32 Å². The van der Waals surface area contributed by atoms with Crippen LogP contribution in [0.4, 0.5) is 0 Å². The second kappa shape index (κ2) is 6.37. The first-order chi connectivity index (χ1) is 10.0. The summed E-state index contributed by atoms with van der Waals surface area (Å²) >= 11 is 1.44. The lowest BCUT2D eigenvalue weighted by Gasteiger charge is -2.43. The third kappa shape index (κ3) is 2.84. The number of hydrogen-bond donors (Lipinski definition) is 1. The molecule has 2 rings (SSSR count). The van der Waals surface area contributed by atoms with Gasteiger partial charge in [-0.2, -0.15) is 10.5 Å². The number of thioether (sulfide) groups is 1. The lowest BCUT2D eigenvalue weighted by molar-refractivity contribution is -0.126. The molecule has 1 aliphatic carbocycles. The SMILES string of the molecule is C=C(C)CSC1=C(C#N)C2(CCCCC2)C(C#N)C(=O)N1. The molecule has 5 heteroatoms. The molecule has 0 saturated heterocycles. The van der Waals surface area contributed by atoms with Crippen LogP contribution in [0.15, 0.2) is 22.8 Å². The highest BCUT2D eigenvalue weighted by Crippen LogP contribution is 2.51. The molecule has 1 unspecified atom stereocenters. The lowest BCUT2D eigenvalue weighted by Crippen LogP contribution is -2.48. The van der Waals surface area contributed by atoms with Gasteiger partial charge in [-0.1, -0.05) is 31.4 Å². The quantitative estimate of drug-likeness (QED) is 0.812. The van der Waals surface area contributed by atoms with Crippen LogP contribution in [0.5, 0.6) is 0 Å². The molecular formula is C16H19N3OS. The Labute approximate surface area is 129 Å². The van der Waals surface area contributed by atoms with Crippen LogP contribution >= 0.6 is 11.8 Å². The first kappa shape index (κ1) is 15.7. The predicted octanol–water partition coefficient (Wildman–Crippen LogP) is 3.25. The van der Waals surface area contributed by atoms with E-state index in [-0.39, 0.29) is 5.91 Å². The van der Waals surface area contributed by atoms with E-state index in [4.69, 9.17) is 0 Å². The standard InChI is InChI=1S/C16H19N3OS/c1-11(2)10-21-15-13(9-18)16(6-4-3-5-7-16)12(8-17)14(20)19-15/h12H,1,3-7,10H2,2H3,(H,19,20). The fraction of sp³-hybridized carbons (Fsp3) is 0.562. The Bertz CT molecular complexity index is 573. The number of nitrogens with zero attached hydrogens (tertiary/aromatic N) is 2. The highest BCUT2D eigenvalue weighted by molar-refractivity contribution is 8.03. The van der Waals surface area contributed by atoms with Gasteiger partial charge in [0.25, 0.3) is 0 Å². The Morgan fingerprint density at radius 2 is 2.10 bits per heavy atom. The Hall–Kier alpha value is -1.72. The van der Waals surface area contributed by atoms with Crippen molar-refractivity contribution in [2.45, 2.75) is 39.0 Å². The average molecular weight is 301 g/mol. The lowest BCUT2D eigenvalue weighted by atomic mass is 9.61. The number of allylic oxidation sites excluding steroid dienone is 1. The molecule has 0 bridgehead atoms. The molecule has 1 amide bonds. The smallest absolute Gasteiger partial charge is 0.243 e. The number of hydrogen-bond acceptors (Lipinski definition) is 4. The molecule has 110 valence electrons. The number of carbonyl (C=O) groups is 1. The molecular weight excluding hydrogens is 282 g/mol. The van der Waals surface area contributed by atoms with Gasteiger partial charge in [0.2, 0.25) is 5.91 Å². The summed E-state index contributed by atoms with van der Waals surface area (Å²) in [6, 6.07) is 4.43. The maximum absolute atomic E-state index is 12.3. The number of rotatable bonds is 3. The summed E-state index contributed by atoms with van der Waals surface area (Å²) < 4.78 is 0. The van der Waals surface area contributed by atoms with Gasteiger partial charge in [0.05, 0.1) is 22.7 Å². The van der Waals surface area contributed by atoms with Crippen molar-refractivity contribution in [2.24, 2.45) is 11.3 Å². The highest BCUT2D eigenvalue weighted by atomic mass is 32.2. The summed E-state index contributed by atoms with van der Waals surface area (Å²) in [5.41, 5.74) is 1.00. The maximum Gasteiger partial charge on any atom is 0.243 e. The van der Waals surface area contributed by atoms with Crippen molar-refractivity contribution < 1.29 is 4.79 Å². The van der Waals surface area contributed by atoms with Gasteiger partial charge in [-0.3, -0.25) is 4.79 Å². The normalized spacial score (nSPS) is 24.1. The van der Waals surface area contributed by atoms with Crippen LogP contribution in [-0.2, 0) is 4.79 Å². The monoisotopic (exact) mass is 301 g/mol. The van der Waals surface area contributed by atoms with E-state index in [1.807, 2.05) is 6.92 Å². The van der Waals surface area contributed by atoms with Crippen molar-refractivity contribution >= 4 is 17.7 Å².